The molecule has 0 heterocycles. The molecule has 1 N–H and O–H groups in total. The van der Waals surface area contributed by atoms with E-state index in [9.17, 15) is 13.5 Å². The van der Waals surface area contributed by atoms with Gasteiger partial charge in [0.05, 0.1) is 21.9 Å². The number of rotatable bonds is 13. The van der Waals surface area contributed by atoms with Crippen molar-refractivity contribution in [1.29, 1.82) is 0 Å². The summed E-state index contributed by atoms with van der Waals surface area (Å²) >= 11 is 3.33. The van der Waals surface area contributed by atoms with Crippen molar-refractivity contribution in [2.24, 2.45) is 0 Å². The fourth-order valence-corrected chi connectivity index (χ4v) is 5.76. The van der Waals surface area contributed by atoms with Crippen molar-refractivity contribution in [3.05, 3.63) is 64.6 Å². The molecule has 0 radical (unpaired) electrons. The van der Waals surface area contributed by atoms with Crippen LogP contribution in [0.15, 0.2) is 64.0 Å². The monoisotopic (exact) mass is 510 g/mol. The lowest BCUT2D eigenvalue weighted by molar-refractivity contribution is 0.0306. The van der Waals surface area contributed by atoms with Crippen molar-refractivity contribution in [2.75, 3.05) is 6.61 Å². The first-order valence-corrected chi connectivity index (χ1v) is 13.2. The summed E-state index contributed by atoms with van der Waals surface area (Å²) in [5.41, 5.74) is 0.148. The Labute approximate surface area is 196 Å². The topological polar surface area (TPSA) is 63.6 Å². The van der Waals surface area contributed by atoms with Gasteiger partial charge in [0.15, 0.2) is 9.84 Å². The third-order valence-electron chi connectivity index (χ3n) is 5.52. The highest BCUT2D eigenvalue weighted by molar-refractivity contribution is 9.10. The Morgan fingerprint density at radius 1 is 0.903 bits per heavy atom. The minimum absolute atomic E-state index is 0.193. The van der Waals surface area contributed by atoms with Gasteiger partial charge in [-0.2, -0.15) is 0 Å². The van der Waals surface area contributed by atoms with Crippen molar-refractivity contribution in [3.63, 3.8) is 0 Å². The first-order valence-electron chi connectivity index (χ1n) is 10.9. The van der Waals surface area contributed by atoms with Crippen LogP contribution < -0.4 is 0 Å². The number of hydrogen-bond acceptors (Lipinski definition) is 4. The zero-order valence-electron chi connectivity index (χ0n) is 18.8. The Balaban J connectivity index is 1.72. The summed E-state index contributed by atoms with van der Waals surface area (Å²) in [5.74, 6) is 0. The normalized spacial score (nSPS) is 14.4. The highest BCUT2D eigenvalue weighted by atomic mass is 79.9. The molecule has 0 bridgehead atoms. The van der Waals surface area contributed by atoms with E-state index in [4.69, 9.17) is 4.74 Å². The molecule has 2 aromatic carbocycles. The van der Waals surface area contributed by atoms with E-state index in [1.165, 1.54) is 5.56 Å². The number of benzene rings is 2. The molecule has 0 spiro atoms. The quantitative estimate of drug-likeness (QED) is 0.320. The molecule has 0 saturated carbocycles. The maximum absolute atomic E-state index is 13.1. The average Bonchev–Trinajstić information content (AvgIpc) is 2.70. The number of ether oxygens (including phenoxy) is 1. The van der Waals surface area contributed by atoms with E-state index in [-0.39, 0.29) is 11.3 Å². The first kappa shape index (κ1) is 26.0. The minimum atomic E-state index is -3.55. The number of hydrogen-bond donors (Lipinski definition) is 1. The molecular formula is C25H35BrO4S. The summed E-state index contributed by atoms with van der Waals surface area (Å²) in [6.07, 6.45) is 4.64. The van der Waals surface area contributed by atoms with Crippen LogP contribution in [0.25, 0.3) is 0 Å². The van der Waals surface area contributed by atoms with E-state index in [2.05, 4.69) is 28.1 Å². The van der Waals surface area contributed by atoms with E-state index in [0.29, 0.717) is 13.0 Å². The summed E-state index contributed by atoms with van der Waals surface area (Å²) in [6, 6.07) is 16.8. The van der Waals surface area contributed by atoms with E-state index < -0.39 is 20.2 Å². The molecule has 6 heteroatoms. The number of halogens is 1. The summed E-state index contributed by atoms with van der Waals surface area (Å²) in [4.78, 5) is 0.284. The van der Waals surface area contributed by atoms with Crippen LogP contribution in [-0.4, -0.2) is 30.5 Å². The highest BCUT2D eigenvalue weighted by Gasteiger charge is 2.41. The Bertz CT molecular complexity index is 891. The molecule has 0 amide bonds. The molecule has 0 saturated heterocycles. The lowest BCUT2D eigenvalue weighted by Crippen LogP contribution is -2.41. The Kier molecular flexibility index (Phi) is 9.74. The second-order valence-corrected chi connectivity index (χ2v) is 12.6. The molecule has 0 aliphatic carbocycles. The second kappa shape index (κ2) is 11.6. The number of aliphatic hydroxyl groups is 1. The molecule has 0 aromatic heterocycles. The molecular weight excluding hydrogens is 476 g/mol. The van der Waals surface area contributed by atoms with Crippen molar-refractivity contribution >= 4 is 25.8 Å². The molecule has 0 fully saturated rings. The van der Waals surface area contributed by atoms with E-state index in [1.807, 2.05) is 18.2 Å². The minimum Gasteiger partial charge on any atom is -0.390 e. The fourth-order valence-electron chi connectivity index (χ4n) is 3.86. The predicted molar refractivity (Wildman–Crippen MR) is 130 cm³/mol. The van der Waals surface area contributed by atoms with Crippen molar-refractivity contribution in [2.45, 2.75) is 81.1 Å². The van der Waals surface area contributed by atoms with Gasteiger partial charge in [0.2, 0.25) is 0 Å². The Hall–Kier alpha value is -1.21. The van der Waals surface area contributed by atoms with Crippen LogP contribution >= 0.6 is 15.9 Å². The first-order chi connectivity index (χ1) is 14.5. The van der Waals surface area contributed by atoms with Crippen LogP contribution in [-0.2, 0) is 21.2 Å². The standard InChI is InChI=1S/C25H35BrO4S/c1-24(2,31(28,29)23-15-13-22(26)14-16-23)20-25(3,27)17-9-4-5-10-18-30-19-21-11-7-6-8-12-21/h6-8,11-16,27H,4-5,9-10,17-20H2,1-3H3. The van der Waals surface area contributed by atoms with Gasteiger partial charge in [-0.05, 0) is 69.9 Å². The van der Waals surface area contributed by atoms with Crippen LogP contribution in [0.3, 0.4) is 0 Å². The molecule has 2 rings (SSSR count). The zero-order chi connectivity index (χ0) is 23.0. The van der Waals surface area contributed by atoms with Gasteiger partial charge in [-0.15, -0.1) is 0 Å². The molecule has 0 aliphatic heterocycles. The maximum atomic E-state index is 13.1. The van der Waals surface area contributed by atoms with Gasteiger partial charge in [-0.25, -0.2) is 8.42 Å². The molecule has 4 nitrogen and oxygen atoms in total. The summed E-state index contributed by atoms with van der Waals surface area (Å²) < 4.78 is 31.6. The zero-order valence-corrected chi connectivity index (χ0v) is 21.2. The van der Waals surface area contributed by atoms with Crippen molar-refractivity contribution < 1.29 is 18.3 Å². The highest BCUT2D eigenvalue weighted by Crippen LogP contribution is 2.35. The molecule has 172 valence electrons. The van der Waals surface area contributed by atoms with Gasteiger partial charge < -0.3 is 9.84 Å². The lowest BCUT2D eigenvalue weighted by Gasteiger charge is -2.33. The van der Waals surface area contributed by atoms with Gasteiger partial charge in [-0.1, -0.05) is 65.5 Å². The third-order valence-corrected chi connectivity index (χ3v) is 8.54. The van der Waals surface area contributed by atoms with Gasteiger partial charge >= 0.3 is 0 Å². The van der Waals surface area contributed by atoms with Crippen LogP contribution in [0.1, 0.15) is 64.9 Å². The molecule has 1 unspecified atom stereocenters. The van der Waals surface area contributed by atoms with E-state index in [1.54, 1.807) is 45.0 Å². The average molecular weight is 512 g/mol. The Morgan fingerprint density at radius 3 is 2.16 bits per heavy atom. The lowest BCUT2D eigenvalue weighted by atomic mass is 9.88. The van der Waals surface area contributed by atoms with Crippen LogP contribution in [0.4, 0.5) is 0 Å². The summed E-state index contributed by atoms with van der Waals surface area (Å²) in [7, 11) is -3.55. The van der Waals surface area contributed by atoms with Crippen LogP contribution in [0.5, 0.6) is 0 Å². The maximum Gasteiger partial charge on any atom is 0.183 e. The van der Waals surface area contributed by atoms with Gasteiger partial charge in [-0.3, -0.25) is 0 Å². The van der Waals surface area contributed by atoms with Crippen LogP contribution in [0, 0.1) is 0 Å². The second-order valence-electron chi connectivity index (χ2n) is 9.09. The SMILES string of the molecule is CC(O)(CCCCCCOCc1ccccc1)CC(C)(C)S(=O)(=O)c1ccc(Br)cc1. The Morgan fingerprint density at radius 2 is 1.52 bits per heavy atom. The predicted octanol–water partition coefficient (Wildman–Crippen LogP) is 6.31. The largest absolute Gasteiger partial charge is 0.390 e. The van der Waals surface area contributed by atoms with Crippen molar-refractivity contribution in [1.82, 2.24) is 0 Å². The number of sulfone groups is 1. The van der Waals surface area contributed by atoms with Gasteiger partial charge in [0, 0.05) is 11.1 Å². The van der Waals surface area contributed by atoms with Crippen LogP contribution in [0.2, 0.25) is 0 Å². The number of unbranched alkanes of at least 4 members (excludes halogenated alkanes) is 3. The smallest absolute Gasteiger partial charge is 0.183 e. The third kappa shape index (κ3) is 8.33. The molecule has 2 aromatic rings. The van der Waals surface area contributed by atoms with Gasteiger partial charge in [0.1, 0.15) is 0 Å². The fraction of sp³-hybridized carbons (Fsp3) is 0.520. The molecule has 31 heavy (non-hydrogen) atoms. The van der Waals surface area contributed by atoms with Gasteiger partial charge in [0.25, 0.3) is 0 Å². The van der Waals surface area contributed by atoms with E-state index in [0.717, 1.165) is 36.8 Å². The molecule has 0 aliphatic rings. The summed E-state index contributed by atoms with van der Waals surface area (Å²) in [6.45, 7) is 6.50. The summed E-state index contributed by atoms with van der Waals surface area (Å²) in [5, 5.41) is 10.9. The van der Waals surface area contributed by atoms with Crippen molar-refractivity contribution in [3.8, 4) is 0 Å². The van der Waals surface area contributed by atoms with E-state index >= 15 is 0 Å². The molecule has 1 atom stereocenters.